The van der Waals surface area contributed by atoms with Gasteiger partial charge in [0.15, 0.2) is 0 Å². The highest BCUT2D eigenvalue weighted by Crippen LogP contribution is 2.23. The number of nitrogens with one attached hydrogen (secondary N) is 1. The summed E-state index contributed by atoms with van der Waals surface area (Å²) in [5.41, 5.74) is 5.20. The number of hydrogen-bond donors (Lipinski definition) is 2. The molecular formula is C16H30N4O. The first-order valence-electron chi connectivity index (χ1n) is 7.78. The Morgan fingerprint density at radius 1 is 1.48 bits per heavy atom. The lowest BCUT2D eigenvalue weighted by Gasteiger charge is -2.28. The predicted molar refractivity (Wildman–Crippen MR) is 84.4 cm³/mol. The van der Waals surface area contributed by atoms with E-state index in [9.17, 15) is 10.1 Å². The van der Waals surface area contributed by atoms with Crippen molar-refractivity contribution in [2.24, 2.45) is 17.1 Å². The normalized spacial score (nSPS) is 24.9. The maximum absolute atomic E-state index is 12.3. The van der Waals surface area contributed by atoms with Crippen molar-refractivity contribution in [1.82, 2.24) is 10.2 Å². The van der Waals surface area contributed by atoms with E-state index in [4.69, 9.17) is 5.73 Å². The molecule has 1 aliphatic heterocycles. The summed E-state index contributed by atoms with van der Waals surface area (Å²) in [5, 5.41) is 12.4. The van der Waals surface area contributed by atoms with Crippen molar-refractivity contribution in [3.05, 3.63) is 0 Å². The van der Waals surface area contributed by atoms with Crippen molar-refractivity contribution >= 4 is 5.91 Å². The summed E-state index contributed by atoms with van der Waals surface area (Å²) in [5.74, 6) is 0.344. The molecule has 0 aliphatic carbocycles. The van der Waals surface area contributed by atoms with E-state index in [1.54, 1.807) is 0 Å². The van der Waals surface area contributed by atoms with Gasteiger partial charge in [0, 0.05) is 19.6 Å². The van der Waals surface area contributed by atoms with E-state index < -0.39 is 11.6 Å². The SMILES string of the molecule is CC(C)CN1CCC(C#N)(NC(=O)C(N)CC(C)(C)C)C1. The van der Waals surface area contributed by atoms with Gasteiger partial charge in [-0.25, -0.2) is 0 Å². The molecule has 0 aromatic rings. The lowest BCUT2D eigenvalue weighted by molar-refractivity contribution is -0.124. The number of nitrogens with two attached hydrogens (primary N) is 1. The number of nitrogens with zero attached hydrogens (tertiary/aromatic N) is 2. The first kappa shape index (κ1) is 17.9. The molecule has 0 aromatic carbocycles. The molecule has 3 N–H and O–H groups in total. The maximum atomic E-state index is 12.3. The van der Waals surface area contributed by atoms with Crippen LogP contribution in [-0.4, -0.2) is 42.0 Å². The average Bonchev–Trinajstić information content (AvgIpc) is 2.70. The topological polar surface area (TPSA) is 82.2 Å². The van der Waals surface area contributed by atoms with Gasteiger partial charge in [0.2, 0.25) is 5.91 Å². The summed E-state index contributed by atoms with van der Waals surface area (Å²) in [4.78, 5) is 14.5. The van der Waals surface area contributed by atoms with Crippen molar-refractivity contribution in [1.29, 1.82) is 5.26 Å². The summed E-state index contributed by atoms with van der Waals surface area (Å²) in [6.07, 6.45) is 1.28. The Labute approximate surface area is 128 Å². The lowest BCUT2D eigenvalue weighted by Crippen LogP contribution is -2.55. The Balaban J connectivity index is 2.63. The average molecular weight is 294 g/mol. The Morgan fingerprint density at radius 3 is 2.57 bits per heavy atom. The van der Waals surface area contributed by atoms with Crippen LogP contribution in [0.15, 0.2) is 0 Å². The summed E-state index contributed by atoms with van der Waals surface area (Å²) < 4.78 is 0. The third kappa shape index (κ3) is 5.64. The molecule has 0 radical (unpaired) electrons. The summed E-state index contributed by atoms with van der Waals surface area (Å²) in [7, 11) is 0. The van der Waals surface area contributed by atoms with Crippen LogP contribution in [-0.2, 0) is 4.79 Å². The van der Waals surface area contributed by atoms with E-state index in [1.165, 1.54) is 0 Å². The fourth-order valence-corrected chi connectivity index (χ4v) is 2.86. The molecule has 2 unspecified atom stereocenters. The number of carbonyl (C=O) groups is 1. The lowest BCUT2D eigenvalue weighted by atomic mass is 9.87. The van der Waals surface area contributed by atoms with E-state index in [0.29, 0.717) is 25.3 Å². The molecule has 0 aromatic heterocycles. The van der Waals surface area contributed by atoms with E-state index in [0.717, 1.165) is 13.1 Å². The number of nitriles is 1. The Morgan fingerprint density at radius 2 is 2.10 bits per heavy atom. The van der Waals surface area contributed by atoms with Gasteiger partial charge in [-0.15, -0.1) is 0 Å². The molecule has 0 spiro atoms. The van der Waals surface area contributed by atoms with Crippen molar-refractivity contribution in [3.8, 4) is 6.07 Å². The standard InChI is InChI=1S/C16H30N4O/c1-12(2)9-20-7-6-16(10-17,11-20)19-14(21)13(18)8-15(3,4)5/h12-13H,6-9,11,18H2,1-5H3,(H,19,21). The Bertz CT molecular complexity index is 407. The van der Waals surface area contributed by atoms with Crippen LogP contribution in [0.2, 0.25) is 0 Å². The summed E-state index contributed by atoms with van der Waals surface area (Å²) >= 11 is 0. The number of hydrogen-bond acceptors (Lipinski definition) is 4. The molecule has 0 bridgehead atoms. The second kappa shape index (κ2) is 6.76. The monoisotopic (exact) mass is 294 g/mol. The minimum Gasteiger partial charge on any atom is -0.335 e. The van der Waals surface area contributed by atoms with Gasteiger partial charge >= 0.3 is 0 Å². The molecule has 1 heterocycles. The van der Waals surface area contributed by atoms with E-state index in [1.807, 2.05) is 0 Å². The highest BCUT2D eigenvalue weighted by Gasteiger charge is 2.40. The van der Waals surface area contributed by atoms with Crippen molar-refractivity contribution in [3.63, 3.8) is 0 Å². The quantitative estimate of drug-likeness (QED) is 0.805. The van der Waals surface area contributed by atoms with Gasteiger partial charge in [-0.2, -0.15) is 5.26 Å². The fourth-order valence-electron chi connectivity index (χ4n) is 2.86. The maximum Gasteiger partial charge on any atom is 0.238 e. The predicted octanol–water partition coefficient (Wildman–Crippen LogP) is 1.49. The van der Waals surface area contributed by atoms with E-state index in [-0.39, 0.29) is 11.3 Å². The van der Waals surface area contributed by atoms with Crippen LogP contribution in [0.25, 0.3) is 0 Å². The molecule has 0 saturated carbocycles. The van der Waals surface area contributed by atoms with Crippen LogP contribution >= 0.6 is 0 Å². The number of amides is 1. The van der Waals surface area contributed by atoms with E-state index >= 15 is 0 Å². The zero-order valence-corrected chi connectivity index (χ0v) is 14.1. The molecule has 21 heavy (non-hydrogen) atoms. The summed E-state index contributed by atoms with van der Waals surface area (Å²) in [6, 6.07) is 1.74. The van der Waals surface area contributed by atoms with Gasteiger partial charge in [0.1, 0.15) is 5.54 Å². The second-order valence-corrected chi connectivity index (χ2v) is 7.93. The minimum atomic E-state index is -0.776. The molecular weight excluding hydrogens is 264 g/mol. The minimum absolute atomic E-state index is 0.00405. The molecule has 5 heteroatoms. The third-order valence-corrected chi connectivity index (χ3v) is 3.72. The van der Waals surface area contributed by atoms with Crippen molar-refractivity contribution in [2.45, 2.75) is 59.0 Å². The number of rotatable bonds is 5. The van der Waals surface area contributed by atoms with Gasteiger partial charge in [-0.3, -0.25) is 9.69 Å². The Kier molecular flexibility index (Phi) is 5.77. The highest BCUT2D eigenvalue weighted by molar-refractivity contribution is 5.82. The van der Waals surface area contributed by atoms with Crippen LogP contribution in [0.4, 0.5) is 0 Å². The Hall–Kier alpha value is -1.12. The zero-order valence-electron chi connectivity index (χ0n) is 14.1. The van der Waals surface area contributed by atoms with Crippen LogP contribution in [0.1, 0.15) is 47.5 Å². The third-order valence-electron chi connectivity index (χ3n) is 3.72. The number of likely N-dealkylation sites (tertiary alicyclic amines) is 1. The first-order valence-corrected chi connectivity index (χ1v) is 7.78. The highest BCUT2D eigenvalue weighted by atomic mass is 16.2. The van der Waals surface area contributed by atoms with Gasteiger partial charge in [-0.1, -0.05) is 34.6 Å². The van der Waals surface area contributed by atoms with Gasteiger partial charge in [0.05, 0.1) is 12.1 Å². The van der Waals surface area contributed by atoms with Crippen LogP contribution in [0.3, 0.4) is 0 Å². The molecule has 5 nitrogen and oxygen atoms in total. The molecule has 120 valence electrons. The van der Waals surface area contributed by atoms with Crippen LogP contribution in [0.5, 0.6) is 0 Å². The van der Waals surface area contributed by atoms with Crippen molar-refractivity contribution in [2.75, 3.05) is 19.6 Å². The molecule has 1 rings (SSSR count). The van der Waals surface area contributed by atoms with Gasteiger partial charge < -0.3 is 11.1 Å². The zero-order chi connectivity index (χ0) is 16.3. The molecule has 1 saturated heterocycles. The van der Waals surface area contributed by atoms with Gasteiger partial charge in [0.25, 0.3) is 0 Å². The second-order valence-electron chi connectivity index (χ2n) is 7.93. The van der Waals surface area contributed by atoms with E-state index in [2.05, 4.69) is 50.9 Å². The smallest absolute Gasteiger partial charge is 0.238 e. The molecule has 1 aliphatic rings. The molecule has 2 atom stereocenters. The number of carbonyl (C=O) groups excluding carboxylic acids is 1. The van der Waals surface area contributed by atoms with Crippen LogP contribution < -0.4 is 11.1 Å². The molecule has 1 amide bonds. The van der Waals surface area contributed by atoms with Crippen LogP contribution in [0, 0.1) is 22.7 Å². The molecule has 1 fully saturated rings. The van der Waals surface area contributed by atoms with Crippen molar-refractivity contribution < 1.29 is 4.79 Å². The fraction of sp³-hybridized carbons (Fsp3) is 0.875. The first-order chi connectivity index (χ1) is 9.57. The van der Waals surface area contributed by atoms with Gasteiger partial charge in [-0.05, 0) is 24.2 Å². The summed E-state index contributed by atoms with van der Waals surface area (Å²) in [6.45, 7) is 12.9. The largest absolute Gasteiger partial charge is 0.335 e.